The van der Waals surface area contributed by atoms with E-state index in [9.17, 15) is 8.42 Å². The Morgan fingerprint density at radius 2 is 1.83 bits per heavy atom. The number of sulfonamides is 1. The summed E-state index contributed by atoms with van der Waals surface area (Å²) >= 11 is 0. The van der Waals surface area contributed by atoms with E-state index < -0.39 is 10.0 Å². The predicted octanol–water partition coefficient (Wildman–Crippen LogP) is 1.79. The van der Waals surface area contributed by atoms with Crippen molar-refractivity contribution in [3.8, 4) is 0 Å². The van der Waals surface area contributed by atoms with Crippen LogP contribution in [0.4, 0.5) is 0 Å². The molecule has 0 radical (unpaired) electrons. The smallest absolute Gasteiger partial charge is 0.214 e. The van der Waals surface area contributed by atoms with Crippen LogP contribution in [0.15, 0.2) is 4.99 Å². The van der Waals surface area contributed by atoms with Crippen molar-refractivity contribution in [3.05, 3.63) is 0 Å². The lowest BCUT2D eigenvalue weighted by molar-refractivity contribution is 0.305. The van der Waals surface area contributed by atoms with E-state index in [0.29, 0.717) is 25.4 Å². The molecular weight excluding hydrogens is 312 g/mol. The standard InChI is InChI=1S/C16H34N4O2S/c1-5-12-23(21,22)20-10-8-15(9-11-20)19-16(17-4)18-13-14(6-2)7-3/h14-15H,5-13H2,1-4H3,(H2,17,18,19). The largest absolute Gasteiger partial charge is 0.356 e. The number of nitrogens with zero attached hydrogens (tertiary/aromatic N) is 2. The number of nitrogens with one attached hydrogen (secondary N) is 2. The van der Waals surface area contributed by atoms with Crippen molar-refractivity contribution in [3.63, 3.8) is 0 Å². The molecule has 1 saturated heterocycles. The molecule has 0 amide bonds. The summed E-state index contributed by atoms with van der Waals surface area (Å²) in [4.78, 5) is 4.28. The van der Waals surface area contributed by atoms with Gasteiger partial charge in [0.1, 0.15) is 0 Å². The third-order valence-corrected chi connectivity index (χ3v) is 6.66. The molecule has 1 fully saturated rings. The maximum Gasteiger partial charge on any atom is 0.214 e. The Kier molecular flexibility index (Phi) is 8.91. The Labute approximate surface area is 142 Å². The van der Waals surface area contributed by atoms with Gasteiger partial charge < -0.3 is 10.6 Å². The number of guanidine groups is 1. The van der Waals surface area contributed by atoms with Gasteiger partial charge in [0, 0.05) is 32.7 Å². The van der Waals surface area contributed by atoms with Crippen molar-refractivity contribution < 1.29 is 8.42 Å². The molecule has 0 aromatic carbocycles. The topological polar surface area (TPSA) is 73.8 Å². The third-order valence-electron chi connectivity index (χ3n) is 4.59. The molecule has 0 aliphatic carbocycles. The van der Waals surface area contributed by atoms with Crippen LogP contribution in [0.1, 0.15) is 52.9 Å². The van der Waals surface area contributed by atoms with Crippen LogP contribution in [0.3, 0.4) is 0 Å². The van der Waals surface area contributed by atoms with Crippen LogP contribution in [0.2, 0.25) is 0 Å². The Bertz CT molecular complexity index is 453. The zero-order chi connectivity index (χ0) is 17.3. The van der Waals surface area contributed by atoms with Crippen molar-refractivity contribution in [2.75, 3.05) is 32.4 Å². The summed E-state index contributed by atoms with van der Waals surface area (Å²) in [6.07, 6.45) is 4.65. The van der Waals surface area contributed by atoms with Crippen LogP contribution in [0.25, 0.3) is 0 Å². The lowest BCUT2D eigenvalue weighted by atomic mass is 10.0. The first-order valence-corrected chi connectivity index (χ1v) is 10.5. The molecule has 7 heteroatoms. The minimum Gasteiger partial charge on any atom is -0.356 e. The maximum atomic E-state index is 12.1. The second kappa shape index (κ2) is 10.1. The average Bonchev–Trinajstić information content (AvgIpc) is 2.55. The highest BCUT2D eigenvalue weighted by atomic mass is 32.2. The van der Waals surface area contributed by atoms with Crippen LogP contribution < -0.4 is 10.6 Å². The first kappa shape index (κ1) is 20.2. The molecule has 6 nitrogen and oxygen atoms in total. The molecule has 0 unspecified atom stereocenters. The Balaban J connectivity index is 2.42. The van der Waals surface area contributed by atoms with E-state index in [0.717, 1.165) is 38.2 Å². The molecule has 0 aromatic rings. The first-order chi connectivity index (χ1) is 11.0. The van der Waals surface area contributed by atoms with E-state index in [1.165, 1.54) is 0 Å². The third kappa shape index (κ3) is 6.67. The van der Waals surface area contributed by atoms with Gasteiger partial charge in [0.2, 0.25) is 10.0 Å². The van der Waals surface area contributed by atoms with Crippen LogP contribution in [0.5, 0.6) is 0 Å². The molecule has 0 atom stereocenters. The summed E-state index contributed by atoms with van der Waals surface area (Å²) in [6.45, 7) is 8.45. The fraction of sp³-hybridized carbons (Fsp3) is 0.938. The van der Waals surface area contributed by atoms with Crippen LogP contribution >= 0.6 is 0 Å². The molecule has 1 heterocycles. The summed E-state index contributed by atoms with van der Waals surface area (Å²) in [5, 5.41) is 6.82. The van der Waals surface area contributed by atoms with Gasteiger partial charge in [0.25, 0.3) is 0 Å². The zero-order valence-corrected chi connectivity index (χ0v) is 16.0. The summed E-state index contributed by atoms with van der Waals surface area (Å²) in [5.74, 6) is 1.74. The van der Waals surface area contributed by atoms with Crippen LogP contribution in [-0.2, 0) is 10.0 Å². The fourth-order valence-electron chi connectivity index (χ4n) is 2.87. The lowest BCUT2D eigenvalue weighted by Gasteiger charge is -2.32. The van der Waals surface area contributed by atoms with E-state index in [4.69, 9.17) is 0 Å². The zero-order valence-electron chi connectivity index (χ0n) is 15.1. The van der Waals surface area contributed by atoms with Gasteiger partial charge in [-0.2, -0.15) is 0 Å². The van der Waals surface area contributed by atoms with Gasteiger partial charge in [-0.25, -0.2) is 12.7 Å². The van der Waals surface area contributed by atoms with E-state index in [1.54, 1.807) is 11.4 Å². The summed E-state index contributed by atoms with van der Waals surface area (Å²) in [7, 11) is -1.28. The highest BCUT2D eigenvalue weighted by Crippen LogP contribution is 2.15. The number of piperidine rings is 1. The van der Waals surface area contributed by atoms with E-state index in [2.05, 4.69) is 29.5 Å². The normalized spacial score (nSPS) is 18.4. The molecule has 23 heavy (non-hydrogen) atoms. The monoisotopic (exact) mass is 346 g/mol. The average molecular weight is 347 g/mol. The van der Waals surface area contributed by atoms with Gasteiger partial charge in [-0.3, -0.25) is 4.99 Å². The highest BCUT2D eigenvalue weighted by Gasteiger charge is 2.27. The maximum absolute atomic E-state index is 12.1. The highest BCUT2D eigenvalue weighted by molar-refractivity contribution is 7.89. The summed E-state index contributed by atoms with van der Waals surface area (Å²) < 4.78 is 25.8. The fourth-order valence-corrected chi connectivity index (χ4v) is 4.41. The molecule has 1 aliphatic heterocycles. The number of rotatable bonds is 8. The minimum atomic E-state index is -3.06. The number of aliphatic imine (C=N–C) groups is 1. The van der Waals surface area contributed by atoms with Gasteiger partial charge in [-0.1, -0.05) is 33.6 Å². The summed E-state index contributed by atoms with van der Waals surface area (Å²) in [6, 6.07) is 0.288. The Morgan fingerprint density at radius 1 is 1.22 bits per heavy atom. The van der Waals surface area contributed by atoms with Crippen molar-refractivity contribution in [1.82, 2.24) is 14.9 Å². The molecule has 0 spiro atoms. The summed E-state index contributed by atoms with van der Waals surface area (Å²) in [5.41, 5.74) is 0. The van der Waals surface area contributed by atoms with E-state index >= 15 is 0 Å². The van der Waals surface area contributed by atoms with Crippen molar-refractivity contribution in [1.29, 1.82) is 0 Å². The quantitative estimate of drug-likeness (QED) is 0.519. The van der Waals surface area contributed by atoms with Crippen molar-refractivity contribution in [2.24, 2.45) is 10.9 Å². The van der Waals surface area contributed by atoms with Gasteiger partial charge in [-0.15, -0.1) is 0 Å². The van der Waals surface area contributed by atoms with Crippen LogP contribution in [-0.4, -0.2) is 57.2 Å². The molecule has 1 rings (SSSR count). The van der Waals surface area contributed by atoms with Crippen molar-refractivity contribution >= 4 is 16.0 Å². The Morgan fingerprint density at radius 3 is 2.30 bits per heavy atom. The van der Waals surface area contributed by atoms with E-state index in [1.807, 2.05) is 6.92 Å². The van der Waals surface area contributed by atoms with E-state index in [-0.39, 0.29) is 11.8 Å². The number of hydrogen-bond donors (Lipinski definition) is 2. The van der Waals surface area contributed by atoms with Crippen LogP contribution in [0, 0.1) is 5.92 Å². The minimum absolute atomic E-state index is 0.254. The number of hydrogen-bond acceptors (Lipinski definition) is 3. The predicted molar refractivity (Wildman–Crippen MR) is 97.2 cm³/mol. The van der Waals surface area contributed by atoms with Crippen molar-refractivity contribution in [2.45, 2.75) is 58.9 Å². The van der Waals surface area contributed by atoms with Gasteiger partial charge in [0.05, 0.1) is 5.75 Å². The molecule has 136 valence electrons. The van der Waals surface area contributed by atoms with Gasteiger partial charge in [0.15, 0.2) is 5.96 Å². The lowest BCUT2D eigenvalue weighted by Crippen LogP contribution is -2.50. The second-order valence-corrected chi connectivity index (χ2v) is 8.36. The molecule has 2 N–H and O–H groups in total. The molecule has 0 saturated carbocycles. The molecule has 0 bridgehead atoms. The molecule has 1 aliphatic rings. The van der Waals surface area contributed by atoms with Gasteiger partial charge >= 0.3 is 0 Å². The molecular formula is C16H34N4O2S. The second-order valence-electron chi connectivity index (χ2n) is 6.27. The van der Waals surface area contributed by atoms with Gasteiger partial charge in [-0.05, 0) is 25.2 Å². The first-order valence-electron chi connectivity index (χ1n) is 8.91. The Hall–Kier alpha value is -0.820. The SMILES string of the molecule is CCCS(=O)(=O)N1CCC(NC(=NC)NCC(CC)CC)CC1. The molecule has 0 aromatic heterocycles.